The summed E-state index contributed by atoms with van der Waals surface area (Å²) in [5.41, 5.74) is 3.15. The second kappa shape index (κ2) is 8.37. The average Bonchev–Trinajstić information content (AvgIpc) is 3.03. The highest BCUT2D eigenvalue weighted by molar-refractivity contribution is 6.15. The van der Waals surface area contributed by atoms with Crippen LogP contribution in [0.2, 0.25) is 0 Å². The van der Waals surface area contributed by atoms with Crippen LogP contribution in [0, 0.1) is 6.92 Å². The van der Waals surface area contributed by atoms with Crippen molar-refractivity contribution in [3.8, 4) is 11.5 Å². The Morgan fingerprint density at radius 1 is 1.07 bits per heavy atom. The predicted molar refractivity (Wildman–Crippen MR) is 111 cm³/mol. The van der Waals surface area contributed by atoms with Crippen molar-refractivity contribution < 1.29 is 19.7 Å². The number of benzene rings is 2. The Hall–Kier alpha value is -2.67. The number of phenols is 1. The molecule has 2 aliphatic heterocycles. The van der Waals surface area contributed by atoms with Gasteiger partial charge in [-0.05, 0) is 36.3 Å². The second-order valence-electron chi connectivity index (χ2n) is 7.58. The van der Waals surface area contributed by atoms with Gasteiger partial charge >= 0.3 is 0 Å². The summed E-state index contributed by atoms with van der Waals surface area (Å²) in [6.07, 6.45) is 1.77. The summed E-state index contributed by atoms with van der Waals surface area (Å²) in [4.78, 5) is 17.3. The normalized spacial score (nSPS) is 18.8. The summed E-state index contributed by atoms with van der Waals surface area (Å²) in [5, 5.41) is 19.6. The third kappa shape index (κ3) is 4.05. The van der Waals surface area contributed by atoms with Crippen LogP contribution in [-0.2, 0) is 6.54 Å². The molecular weight excluding hydrogens is 368 g/mol. The minimum atomic E-state index is -0.155. The van der Waals surface area contributed by atoms with E-state index in [1.165, 1.54) is 0 Å². The molecule has 0 saturated carbocycles. The van der Waals surface area contributed by atoms with E-state index in [1.807, 2.05) is 31.2 Å². The Bertz CT molecular complexity index is 946. The largest absolute Gasteiger partial charge is 0.507 e. The fourth-order valence-electron chi connectivity index (χ4n) is 3.88. The van der Waals surface area contributed by atoms with Crippen LogP contribution in [-0.4, -0.2) is 65.1 Å². The van der Waals surface area contributed by atoms with Crippen LogP contribution in [0.1, 0.15) is 27.0 Å². The van der Waals surface area contributed by atoms with Gasteiger partial charge in [0.15, 0.2) is 5.76 Å². The number of β-amino-alcohol motifs (C(OH)–C–C–N with tert-alkyl or cyclic N) is 1. The first-order valence-corrected chi connectivity index (χ1v) is 9.97. The Balaban J connectivity index is 1.56. The van der Waals surface area contributed by atoms with Crippen LogP contribution in [0.3, 0.4) is 0 Å². The molecule has 2 aromatic carbocycles. The van der Waals surface area contributed by atoms with Gasteiger partial charge in [0.2, 0.25) is 5.78 Å². The molecule has 2 aliphatic rings. The lowest BCUT2D eigenvalue weighted by atomic mass is 10.0. The van der Waals surface area contributed by atoms with Gasteiger partial charge in [-0.2, -0.15) is 0 Å². The molecule has 0 aliphatic carbocycles. The Labute approximate surface area is 170 Å². The lowest BCUT2D eigenvalue weighted by Gasteiger charge is -2.34. The monoisotopic (exact) mass is 394 g/mol. The van der Waals surface area contributed by atoms with E-state index in [2.05, 4.69) is 9.80 Å². The molecule has 0 radical (unpaired) electrons. The topological polar surface area (TPSA) is 73.2 Å². The average molecular weight is 394 g/mol. The van der Waals surface area contributed by atoms with Crippen molar-refractivity contribution in [2.24, 2.45) is 0 Å². The number of hydrogen-bond acceptors (Lipinski definition) is 6. The molecule has 4 rings (SSSR count). The van der Waals surface area contributed by atoms with Crippen LogP contribution in [0.25, 0.3) is 6.08 Å². The van der Waals surface area contributed by atoms with Gasteiger partial charge < -0.3 is 14.9 Å². The maximum Gasteiger partial charge on any atom is 0.231 e. The Kier molecular flexibility index (Phi) is 5.67. The zero-order chi connectivity index (χ0) is 20.4. The number of nitrogens with zero attached hydrogens (tertiary/aromatic N) is 2. The summed E-state index contributed by atoms with van der Waals surface area (Å²) in [6.45, 7) is 6.78. The predicted octanol–water partition coefficient (Wildman–Crippen LogP) is 2.43. The number of rotatable bonds is 5. The molecule has 0 amide bonds. The quantitative estimate of drug-likeness (QED) is 0.759. The first-order chi connectivity index (χ1) is 14.1. The van der Waals surface area contributed by atoms with Crippen molar-refractivity contribution in [2.45, 2.75) is 13.5 Å². The van der Waals surface area contributed by atoms with Gasteiger partial charge in [-0.25, -0.2) is 0 Å². The standard InChI is InChI=1S/C23H26N2O4/c1-16-4-2-3-5-17(16)14-21-22(28)18-6-7-20(27)19(23(18)29-21)15-25-10-8-24(9-11-25)12-13-26/h2-7,14,26-27H,8-13,15H2,1H3/b21-14-. The molecule has 1 saturated heterocycles. The number of fused-ring (bicyclic) bond motifs is 1. The fourth-order valence-corrected chi connectivity index (χ4v) is 3.88. The first kappa shape index (κ1) is 19.6. The van der Waals surface area contributed by atoms with E-state index in [-0.39, 0.29) is 23.9 Å². The number of ketones is 1. The number of carbonyl (C=O) groups is 1. The van der Waals surface area contributed by atoms with Gasteiger partial charge in [0.1, 0.15) is 11.5 Å². The number of carbonyl (C=O) groups excluding carboxylic acids is 1. The fraction of sp³-hybridized carbons (Fsp3) is 0.348. The van der Waals surface area contributed by atoms with E-state index in [0.717, 1.165) is 37.3 Å². The number of phenolic OH excluding ortho intramolecular Hbond substituents is 1. The van der Waals surface area contributed by atoms with Crippen molar-refractivity contribution in [3.63, 3.8) is 0 Å². The molecule has 0 unspecified atom stereocenters. The smallest absolute Gasteiger partial charge is 0.231 e. The highest BCUT2D eigenvalue weighted by Gasteiger charge is 2.32. The number of piperazine rings is 1. The van der Waals surface area contributed by atoms with Gasteiger partial charge in [0, 0.05) is 39.3 Å². The van der Waals surface area contributed by atoms with E-state index in [9.17, 15) is 9.90 Å². The Morgan fingerprint density at radius 3 is 2.52 bits per heavy atom. The summed E-state index contributed by atoms with van der Waals surface area (Å²) >= 11 is 0. The Morgan fingerprint density at radius 2 is 1.79 bits per heavy atom. The zero-order valence-electron chi connectivity index (χ0n) is 16.6. The number of aromatic hydroxyl groups is 1. The second-order valence-corrected chi connectivity index (χ2v) is 7.58. The maximum absolute atomic E-state index is 12.9. The molecule has 2 aromatic rings. The zero-order valence-corrected chi connectivity index (χ0v) is 16.6. The molecule has 0 atom stereocenters. The number of allylic oxidation sites excluding steroid dienone is 1. The number of Topliss-reactive ketones (excluding diaryl/α,β-unsaturated/α-hetero) is 1. The van der Waals surface area contributed by atoms with Crippen molar-refractivity contribution in [1.82, 2.24) is 9.80 Å². The lowest BCUT2D eigenvalue weighted by Crippen LogP contribution is -2.46. The first-order valence-electron chi connectivity index (χ1n) is 9.97. The molecule has 0 aromatic heterocycles. The molecule has 29 heavy (non-hydrogen) atoms. The van der Waals surface area contributed by atoms with Gasteiger partial charge in [0.05, 0.1) is 17.7 Å². The minimum Gasteiger partial charge on any atom is -0.507 e. The number of aryl methyl sites for hydroxylation is 1. The molecule has 0 spiro atoms. The molecule has 6 heteroatoms. The molecular formula is C23H26N2O4. The van der Waals surface area contributed by atoms with Crippen LogP contribution in [0.5, 0.6) is 11.5 Å². The van der Waals surface area contributed by atoms with Crippen molar-refractivity contribution in [1.29, 1.82) is 0 Å². The minimum absolute atomic E-state index is 0.145. The van der Waals surface area contributed by atoms with E-state index in [1.54, 1.807) is 18.2 Å². The van der Waals surface area contributed by atoms with Crippen molar-refractivity contribution in [2.75, 3.05) is 39.3 Å². The van der Waals surface area contributed by atoms with Gasteiger partial charge in [0.25, 0.3) is 0 Å². The third-order valence-electron chi connectivity index (χ3n) is 5.65. The van der Waals surface area contributed by atoms with E-state index >= 15 is 0 Å². The molecule has 6 nitrogen and oxygen atoms in total. The SMILES string of the molecule is Cc1ccccc1/C=C1\Oc2c(ccc(O)c2CN2CCN(CCO)CC2)C1=O. The summed E-state index contributed by atoms with van der Waals surface area (Å²) in [5.74, 6) is 0.741. The molecule has 2 heterocycles. The lowest BCUT2D eigenvalue weighted by molar-refractivity contribution is 0.101. The highest BCUT2D eigenvalue weighted by Crippen LogP contribution is 2.40. The number of ether oxygens (including phenoxy) is 1. The summed E-state index contributed by atoms with van der Waals surface area (Å²) in [6, 6.07) is 11.0. The van der Waals surface area contributed by atoms with E-state index < -0.39 is 0 Å². The highest BCUT2D eigenvalue weighted by atomic mass is 16.5. The number of hydrogen-bond donors (Lipinski definition) is 2. The van der Waals surface area contributed by atoms with Gasteiger partial charge in [-0.15, -0.1) is 0 Å². The van der Waals surface area contributed by atoms with E-state index in [4.69, 9.17) is 9.84 Å². The van der Waals surface area contributed by atoms with Crippen LogP contribution in [0.4, 0.5) is 0 Å². The third-order valence-corrected chi connectivity index (χ3v) is 5.65. The van der Waals surface area contributed by atoms with E-state index in [0.29, 0.717) is 30.0 Å². The molecule has 2 N–H and O–H groups in total. The summed E-state index contributed by atoms with van der Waals surface area (Å²) < 4.78 is 5.97. The van der Waals surface area contributed by atoms with Crippen LogP contribution >= 0.6 is 0 Å². The van der Waals surface area contributed by atoms with Crippen molar-refractivity contribution >= 4 is 11.9 Å². The summed E-state index contributed by atoms with van der Waals surface area (Å²) in [7, 11) is 0. The molecule has 152 valence electrons. The molecule has 1 fully saturated rings. The van der Waals surface area contributed by atoms with Gasteiger partial charge in [-0.1, -0.05) is 24.3 Å². The molecule has 0 bridgehead atoms. The number of aliphatic hydroxyl groups is 1. The number of aliphatic hydroxyl groups excluding tert-OH is 1. The van der Waals surface area contributed by atoms with Gasteiger partial charge in [-0.3, -0.25) is 14.6 Å². The maximum atomic E-state index is 12.9. The van der Waals surface area contributed by atoms with Crippen LogP contribution in [0.15, 0.2) is 42.2 Å². The van der Waals surface area contributed by atoms with Crippen molar-refractivity contribution in [3.05, 3.63) is 64.4 Å². The van der Waals surface area contributed by atoms with Crippen LogP contribution < -0.4 is 4.74 Å².